The van der Waals surface area contributed by atoms with E-state index < -0.39 is 5.97 Å². The number of hydrogen-bond donors (Lipinski definition) is 0. The fourth-order valence-corrected chi connectivity index (χ4v) is 3.60. The van der Waals surface area contributed by atoms with E-state index in [9.17, 15) is 0 Å². The Morgan fingerprint density at radius 1 is 1.05 bits per heavy atom. The van der Waals surface area contributed by atoms with Crippen LogP contribution in [0.1, 0.15) is 30.9 Å². The van der Waals surface area contributed by atoms with E-state index in [1.807, 2.05) is 0 Å². The number of fused-ring (bicyclic) bond motifs is 3. The standard InChI is InChI=1S/C16H21IO3/c1-2-8-15-10-18-16(19-11-15,20-12-15)14-5-3-13(4-6-14)7-9-17/h3-6H,2,7-12H2,1H3. The minimum atomic E-state index is -0.960. The average molecular weight is 388 g/mol. The molecule has 0 spiro atoms. The predicted molar refractivity (Wildman–Crippen MR) is 85.9 cm³/mol. The third kappa shape index (κ3) is 2.63. The highest BCUT2D eigenvalue weighted by Crippen LogP contribution is 2.46. The van der Waals surface area contributed by atoms with Gasteiger partial charge < -0.3 is 14.2 Å². The van der Waals surface area contributed by atoms with E-state index in [1.54, 1.807) is 0 Å². The maximum absolute atomic E-state index is 5.96. The molecule has 3 aliphatic heterocycles. The zero-order valence-electron chi connectivity index (χ0n) is 11.9. The van der Waals surface area contributed by atoms with Crippen molar-refractivity contribution in [3.05, 3.63) is 35.4 Å². The highest BCUT2D eigenvalue weighted by molar-refractivity contribution is 14.1. The van der Waals surface area contributed by atoms with Crippen molar-refractivity contribution in [3.8, 4) is 0 Å². The van der Waals surface area contributed by atoms with Gasteiger partial charge in [0, 0.05) is 15.4 Å². The van der Waals surface area contributed by atoms with Crippen LogP contribution >= 0.6 is 22.6 Å². The fraction of sp³-hybridized carbons (Fsp3) is 0.625. The Hall–Kier alpha value is -0.170. The fourth-order valence-electron chi connectivity index (χ4n) is 2.98. The van der Waals surface area contributed by atoms with Crippen molar-refractivity contribution in [1.29, 1.82) is 0 Å². The lowest BCUT2D eigenvalue weighted by atomic mass is 9.83. The van der Waals surface area contributed by atoms with Gasteiger partial charge in [-0.2, -0.15) is 0 Å². The van der Waals surface area contributed by atoms with Gasteiger partial charge in [0.2, 0.25) is 0 Å². The summed E-state index contributed by atoms with van der Waals surface area (Å²) in [5, 5.41) is 0. The van der Waals surface area contributed by atoms with Gasteiger partial charge in [-0.15, -0.1) is 0 Å². The number of halogens is 1. The SMILES string of the molecule is CCCC12COC(c3ccc(CCI)cc3)(OC1)OC2. The number of hydrogen-bond acceptors (Lipinski definition) is 3. The van der Waals surface area contributed by atoms with Gasteiger partial charge in [0.05, 0.1) is 19.8 Å². The van der Waals surface area contributed by atoms with Crippen LogP contribution in [0.3, 0.4) is 0 Å². The van der Waals surface area contributed by atoms with Crippen molar-refractivity contribution in [2.24, 2.45) is 5.41 Å². The maximum atomic E-state index is 5.96. The molecule has 3 saturated heterocycles. The first-order valence-electron chi connectivity index (χ1n) is 7.29. The zero-order valence-corrected chi connectivity index (χ0v) is 14.0. The summed E-state index contributed by atoms with van der Waals surface area (Å²) in [6.07, 6.45) is 3.32. The summed E-state index contributed by atoms with van der Waals surface area (Å²) >= 11 is 2.39. The maximum Gasteiger partial charge on any atom is 0.312 e. The average Bonchev–Trinajstić information content (AvgIpc) is 2.50. The zero-order chi connectivity index (χ0) is 14.1. The molecule has 1 aromatic carbocycles. The van der Waals surface area contributed by atoms with Crippen molar-refractivity contribution in [2.45, 2.75) is 32.2 Å². The normalized spacial score (nSPS) is 32.5. The first-order valence-corrected chi connectivity index (χ1v) is 8.82. The molecule has 1 aromatic rings. The molecular formula is C16H21IO3. The smallest absolute Gasteiger partial charge is 0.312 e. The lowest BCUT2D eigenvalue weighted by Crippen LogP contribution is -2.58. The summed E-state index contributed by atoms with van der Waals surface area (Å²) in [4.78, 5) is 0. The number of ether oxygens (including phenoxy) is 3. The summed E-state index contributed by atoms with van der Waals surface area (Å²) in [6, 6.07) is 8.42. The van der Waals surface area contributed by atoms with Crippen molar-refractivity contribution in [3.63, 3.8) is 0 Å². The second-order valence-electron chi connectivity index (χ2n) is 5.81. The van der Waals surface area contributed by atoms with E-state index in [4.69, 9.17) is 14.2 Å². The molecule has 2 bridgehead atoms. The minimum absolute atomic E-state index is 0.0671. The van der Waals surface area contributed by atoms with Crippen LogP contribution in [0.2, 0.25) is 0 Å². The van der Waals surface area contributed by atoms with E-state index in [-0.39, 0.29) is 5.41 Å². The third-order valence-corrected chi connectivity index (χ3v) is 4.72. The van der Waals surface area contributed by atoms with Crippen LogP contribution in [0, 0.1) is 5.41 Å². The lowest BCUT2D eigenvalue weighted by molar-refractivity contribution is -0.480. The molecule has 4 heteroatoms. The number of aryl methyl sites for hydroxylation is 1. The molecule has 0 saturated carbocycles. The van der Waals surface area contributed by atoms with E-state index in [1.165, 1.54) is 5.56 Å². The van der Waals surface area contributed by atoms with E-state index in [0.717, 1.165) is 49.1 Å². The molecule has 0 amide bonds. The largest absolute Gasteiger partial charge is 0.323 e. The topological polar surface area (TPSA) is 27.7 Å². The quantitative estimate of drug-likeness (QED) is 0.570. The van der Waals surface area contributed by atoms with Crippen molar-refractivity contribution in [1.82, 2.24) is 0 Å². The molecule has 3 fully saturated rings. The molecule has 0 aliphatic carbocycles. The summed E-state index contributed by atoms with van der Waals surface area (Å²) in [6.45, 7) is 4.39. The number of benzene rings is 1. The van der Waals surface area contributed by atoms with Gasteiger partial charge in [-0.1, -0.05) is 60.2 Å². The van der Waals surface area contributed by atoms with Crippen LogP contribution in [-0.4, -0.2) is 24.2 Å². The van der Waals surface area contributed by atoms with Crippen LogP contribution in [-0.2, 0) is 26.6 Å². The van der Waals surface area contributed by atoms with E-state index in [0.29, 0.717) is 0 Å². The second kappa shape index (κ2) is 5.91. The van der Waals surface area contributed by atoms with Gasteiger partial charge in [0.15, 0.2) is 0 Å². The van der Waals surface area contributed by atoms with Gasteiger partial charge in [-0.05, 0) is 18.4 Å². The molecule has 0 N–H and O–H groups in total. The second-order valence-corrected chi connectivity index (χ2v) is 6.89. The van der Waals surface area contributed by atoms with Crippen molar-refractivity contribution in [2.75, 3.05) is 24.2 Å². The van der Waals surface area contributed by atoms with Gasteiger partial charge in [0.25, 0.3) is 0 Å². The summed E-state index contributed by atoms with van der Waals surface area (Å²) in [5.74, 6) is -0.960. The monoisotopic (exact) mass is 388 g/mol. The lowest BCUT2D eigenvalue weighted by Gasteiger charge is -2.51. The van der Waals surface area contributed by atoms with Gasteiger partial charge in [-0.3, -0.25) is 0 Å². The van der Waals surface area contributed by atoms with Crippen LogP contribution in [0.5, 0.6) is 0 Å². The Morgan fingerprint density at radius 3 is 2.15 bits per heavy atom. The molecule has 4 rings (SSSR count). The molecule has 110 valence electrons. The first kappa shape index (κ1) is 14.8. The molecule has 0 aromatic heterocycles. The Kier molecular flexibility index (Phi) is 4.36. The van der Waals surface area contributed by atoms with Crippen LogP contribution in [0.25, 0.3) is 0 Å². The van der Waals surface area contributed by atoms with E-state index in [2.05, 4.69) is 53.8 Å². The highest BCUT2D eigenvalue weighted by atomic mass is 127. The molecule has 3 heterocycles. The van der Waals surface area contributed by atoms with Crippen LogP contribution in [0.4, 0.5) is 0 Å². The van der Waals surface area contributed by atoms with Crippen LogP contribution < -0.4 is 0 Å². The minimum Gasteiger partial charge on any atom is -0.323 e. The number of rotatable bonds is 5. The first-order chi connectivity index (χ1) is 9.72. The highest BCUT2D eigenvalue weighted by Gasteiger charge is 2.53. The summed E-state index contributed by atoms with van der Waals surface area (Å²) in [7, 11) is 0. The number of alkyl halides is 1. The van der Waals surface area contributed by atoms with Crippen molar-refractivity contribution >= 4 is 22.6 Å². The summed E-state index contributed by atoms with van der Waals surface area (Å²) < 4.78 is 19.0. The third-order valence-electron chi connectivity index (χ3n) is 4.18. The Labute approximate surface area is 134 Å². The van der Waals surface area contributed by atoms with Gasteiger partial charge in [-0.25, -0.2) is 0 Å². The van der Waals surface area contributed by atoms with E-state index >= 15 is 0 Å². The molecular weight excluding hydrogens is 367 g/mol. The molecule has 3 aliphatic rings. The Balaban J connectivity index is 1.75. The Bertz CT molecular complexity index is 433. The van der Waals surface area contributed by atoms with Crippen LogP contribution in [0.15, 0.2) is 24.3 Å². The van der Waals surface area contributed by atoms with Gasteiger partial charge in [0.1, 0.15) is 0 Å². The molecule has 0 unspecified atom stereocenters. The predicted octanol–water partition coefficient (Wildman–Crippen LogP) is 3.64. The van der Waals surface area contributed by atoms with Crippen molar-refractivity contribution < 1.29 is 14.2 Å². The summed E-state index contributed by atoms with van der Waals surface area (Å²) in [5.41, 5.74) is 2.38. The molecule has 0 radical (unpaired) electrons. The van der Waals surface area contributed by atoms with Gasteiger partial charge >= 0.3 is 5.97 Å². The Morgan fingerprint density at radius 2 is 1.65 bits per heavy atom. The molecule has 3 nitrogen and oxygen atoms in total. The molecule has 0 atom stereocenters. The molecule has 20 heavy (non-hydrogen) atoms.